The second-order valence-corrected chi connectivity index (χ2v) is 5.80. The van der Waals surface area contributed by atoms with Gasteiger partial charge in [0, 0.05) is 17.7 Å². The minimum absolute atomic E-state index is 0.214. The van der Waals surface area contributed by atoms with Crippen molar-refractivity contribution in [1.82, 2.24) is 5.32 Å². The Morgan fingerprint density at radius 2 is 2.12 bits per heavy atom. The predicted octanol–water partition coefficient (Wildman–Crippen LogP) is 1.20. The van der Waals surface area contributed by atoms with E-state index in [2.05, 4.69) is 11.9 Å². The highest BCUT2D eigenvalue weighted by molar-refractivity contribution is 5.95. The summed E-state index contributed by atoms with van der Waals surface area (Å²) in [6.45, 7) is 4.03. The number of allylic oxidation sites excluding steroid dienone is 1. The van der Waals surface area contributed by atoms with Gasteiger partial charge in [0.15, 0.2) is 11.5 Å². The third kappa shape index (κ3) is 4.51. The number of primary amides is 1. The summed E-state index contributed by atoms with van der Waals surface area (Å²) >= 11 is 0. The van der Waals surface area contributed by atoms with Crippen LogP contribution in [0.25, 0.3) is 0 Å². The van der Waals surface area contributed by atoms with Crippen molar-refractivity contribution in [3.8, 4) is 11.5 Å². The van der Waals surface area contributed by atoms with Crippen molar-refractivity contribution >= 4 is 11.8 Å². The SMILES string of the molecule is C=CCc1cc(C(=O)NCC2CCC(C(N)=O)O2)cc(OC)c1OC. The average molecular weight is 348 g/mol. The third-order valence-electron chi connectivity index (χ3n) is 4.10. The summed E-state index contributed by atoms with van der Waals surface area (Å²) < 4.78 is 16.2. The van der Waals surface area contributed by atoms with Crippen LogP contribution in [0.2, 0.25) is 0 Å². The zero-order valence-electron chi connectivity index (χ0n) is 14.5. The molecule has 1 aliphatic rings. The summed E-state index contributed by atoms with van der Waals surface area (Å²) in [5, 5.41) is 2.82. The van der Waals surface area contributed by atoms with E-state index in [9.17, 15) is 9.59 Å². The summed E-state index contributed by atoms with van der Waals surface area (Å²) in [6, 6.07) is 3.38. The van der Waals surface area contributed by atoms with E-state index in [1.165, 1.54) is 7.11 Å². The van der Waals surface area contributed by atoms with Gasteiger partial charge >= 0.3 is 0 Å². The smallest absolute Gasteiger partial charge is 0.251 e. The number of ether oxygens (including phenoxy) is 3. The quantitative estimate of drug-likeness (QED) is 0.688. The highest BCUT2D eigenvalue weighted by atomic mass is 16.5. The van der Waals surface area contributed by atoms with E-state index in [1.807, 2.05) is 0 Å². The topological polar surface area (TPSA) is 99.9 Å². The molecule has 1 heterocycles. The monoisotopic (exact) mass is 348 g/mol. The number of nitrogens with two attached hydrogens (primary N) is 1. The fourth-order valence-corrected chi connectivity index (χ4v) is 2.86. The van der Waals surface area contributed by atoms with Crippen LogP contribution < -0.4 is 20.5 Å². The van der Waals surface area contributed by atoms with Gasteiger partial charge in [-0.1, -0.05) is 6.08 Å². The first-order valence-corrected chi connectivity index (χ1v) is 8.08. The zero-order chi connectivity index (χ0) is 18.4. The van der Waals surface area contributed by atoms with E-state index in [1.54, 1.807) is 25.3 Å². The number of benzene rings is 1. The normalized spacial score (nSPS) is 19.3. The first kappa shape index (κ1) is 18.8. The van der Waals surface area contributed by atoms with Gasteiger partial charge in [-0.05, 0) is 31.4 Å². The van der Waals surface area contributed by atoms with Gasteiger partial charge in [-0.3, -0.25) is 9.59 Å². The summed E-state index contributed by atoms with van der Waals surface area (Å²) in [6.07, 6.45) is 2.76. The van der Waals surface area contributed by atoms with Gasteiger partial charge < -0.3 is 25.3 Å². The number of hydrogen-bond donors (Lipinski definition) is 2. The largest absolute Gasteiger partial charge is 0.493 e. The summed E-state index contributed by atoms with van der Waals surface area (Å²) in [5.74, 6) is 0.348. The van der Waals surface area contributed by atoms with Gasteiger partial charge in [0.1, 0.15) is 6.10 Å². The van der Waals surface area contributed by atoms with Gasteiger partial charge in [-0.2, -0.15) is 0 Å². The van der Waals surface area contributed by atoms with Crippen molar-refractivity contribution in [2.45, 2.75) is 31.5 Å². The second-order valence-electron chi connectivity index (χ2n) is 5.80. The van der Waals surface area contributed by atoms with Crippen LogP contribution in [-0.4, -0.2) is 44.8 Å². The number of rotatable bonds is 8. The van der Waals surface area contributed by atoms with Crippen molar-refractivity contribution < 1.29 is 23.8 Å². The van der Waals surface area contributed by atoms with E-state index < -0.39 is 12.0 Å². The van der Waals surface area contributed by atoms with Gasteiger partial charge in [0.2, 0.25) is 5.91 Å². The lowest BCUT2D eigenvalue weighted by atomic mass is 10.0. The molecule has 0 radical (unpaired) electrons. The number of carbonyl (C=O) groups excluding carboxylic acids is 2. The highest BCUT2D eigenvalue weighted by Gasteiger charge is 2.29. The molecule has 0 saturated carbocycles. The molecule has 0 bridgehead atoms. The lowest BCUT2D eigenvalue weighted by Gasteiger charge is -2.16. The van der Waals surface area contributed by atoms with Gasteiger partial charge in [0.25, 0.3) is 5.91 Å². The maximum Gasteiger partial charge on any atom is 0.251 e. The number of methoxy groups -OCH3 is 2. The molecule has 136 valence electrons. The van der Waals surface area contributed by atoms with E-state index >= 15 is 0 Å². The fraction of sp³-hybridized carbons (Fsp3) is 0.444. The lowest BCUT2D eigenvalue weighted by Crippen LogP contribution is -2.34. The van der Waals surface area contributed by atoms with Crippen LogP contribution in [0.4, 0.5) is 0 Å². The van der Waals surface area contributed by atoms with Crippen LogP contribution in [0.5, 0.6) is 11.5 Å². The first-order valence-electron chi connectivity index (χ1n) is 8.08. The Morgan fingerprint density at radius 3 is 2.68 bits per heavy atom. The molecule has 1 saturated heterocycles. The van der Waals surface area contributed by atoms with Crippen LogP contribution in [0.1, 0.15) is 28.8 Å². The Kier molecular flexibility index (Phi) is 6.41. The van der Waals surface area contributed by atoms with Crippen LogP contribution in [0.15, 0.2) is 24.8 Å². The minimum atomic E-state index is -0.567. The zero-order valence-corrected chi connectivity index (χ0v) is 14.5. The van der Waals surface area contributed by atoms with Gasteiger partial charge in [-0.25, -0.2) is 0 Å². The van der Waals surface area contributed by atoms with Gasteiger partial charge in [0.05, 0.1) is 20.3 Å². The number of carbonyl (C=O) groups is 2. The van der Waals surface area contributed by atoms with Crippen LogP contribution in [0, 0.1) is 0 Å². The van der Waals surface area contributed by atoms with Gasteiger partial charge in [-0.15, -0.1) is 6.58 Å². The predicted molar refractivity (Wildman–Crippen MR) is 92.9 cm³/mol. The number of hydrogen-bond acceptors (Lipinski definition) is 5. The molecule has 1 aliphatic heterocycles. The molecule has 2 rings (SSSR count). The Hall–Kier alpha value is -2.54. The standard InChI is InChI=1S/C18H24N2O5/c1-4-5-11-8-12(9-15(23-2)16(11)24-3)18(22)20-10-13-6-7-14(25-13)17(19)21/h4,8-9,13-14H,1,5-7,10H2,2-3H3,(H2,19,21)(H,20,22). The van der Waals surface area contributed by atoms with E-state index in [0.717, 1.165) is 5.56 Å². The Bertz CT molecular complexity index is 659. The molecular formula is C18H24N2O5. The van der Waals surface area contributed by atoms with E-state index in [-0.39, 0.29) is 12.0 Å². The molecule has 1 aromatic rings. The van der Waals surface area contributed by atoms with Crippen LogP contribution >= 0.6 is 0 Å². The van der Waals surface area contributed by atoms with E-state index in [0.29, 0.717) is 42.9 Å². The summed E-state index contributed by atoms with van der Waals surface area (Å²) in [5.41, 5.74) is 6.50. The van der Waals surface area contributed by atoms with Crippen molar-refractivity contribution in [3.05, 3.63) is 35.9 Å². The molecule has 7 heteroatoms. The Balaban J connectivity index is 2.07. The van der Waals surface area contributed by atoms with Crippen molar-refractivity contribution in [3.63, 3.8) is 0 Å². The first-order chi connectivity index (χ1) is 12.0. The number of amides is 2. The Labute approximate surface area is 147 Å². The molecule has 7 nitrogen and oxygen atoms in total. The molecule has 1 aromatic carbocycles. The van der Waals surface area contributed by atoms with Crippen molar-refractivity contribution in [1.29, 1.82) is 0 Å². The average Bonchev–Trinajstić information content (AvgIpc) is 3.08. The maximum absolute atomic E-state index is 12.5. The fourth-order valence-electron chi connectivity index (χ4n) is 2.86. The second kappa shape index (κ2) is 8.53. The van der Waals surface area contributed by atoms with Crippen LogP contribution in [0.3, 0.4) is 0 Å². The number of nitrogens with one attached hydrogen (secondary N) is 1. The molecule has 0 spiro atoms. The molecular weight excluding hydrogens is 324 g/mol. The van der Waals surface area contributed by atoms with Crippen LogP contribution in [-0.2, 0) is 16.0 Å². The molecule has 3 N–H and O–H groups in total. The molecule has 0 aliphatic carbocycles. The molecule has 1 fully saturated rings. The summed E-state index contributed by atoms with van der Waals surface area (Å²) in [7, 11) is 3.07. The highest BCUT2D eigenvalue weighted by Crippen LogP contribution is 2.33. The minimum Gasteiger partial charge on any atom is -0.493 e. The molecule has 2 atom stereocenters. The Morgan fingerprint density at radius 1 is 1.36 bits per heavy atom. The van der Waals surface area contributed by atoms with Crippen molar-refractivity contribution in [2.75, 3.05) is 20.8 Å². The van der Waals surface area contributed by atoms with Crippen molar-refractivity contribution in [2.24, 2.45) is 5.73 Å². The molecule has 2 unspecified atom stereocenters. The lowest BCUT2D eigenvalue weighted by molar-refractivity contribution is -0.128. The molecule has 0 aromatic heterocycles. The maximum atomic E-state index is 12.5. The summed E-state index contributed by atoms with van der Waals surface area (Å²) in [4.78, 5) is 23.6. The van der Waals surface area contributed by atoms with E-state index in [4.69, 9.17) is 19.9 Å². The third-order valence-corrected chi connectivity index (χ3v) is 4.10. The molecule has 25 heavy (non-hydrogen) atoms. The molecule has 2 amide bonds.